The Hall–Kier alpha value is -4.35. The van der Waals surface area contributed by atoms with Gasteiger partial charge < -0.3 is 34.1 Å². The summed E-state index contributed by atoms with van der Waals surface area (Å²) in [7, 11) is 1.41. The summed E-state index contributed by atoms with van der Waals surface area (Å²) in [5.74, 6) is 1.52. The van der Waals surface area contributed by atoms with Crippen LogP contribution >= 0.6 is 0 Å². The summed E-state index contributed by atoms with van der Waals surface area (Å²) >= 11 is 0. The largest absolute Gasteiger partial charge is 0.508 e. The van der Waals surface area contributed by atoms with Gasteiger partial charge in [0.15, 0.2) is 5.82 Å². The second kappa shape index (κ2) is 15.2. The number of aromatic hydroxyl groups is 1. The van der Waals surface area contributed by atoms with E-state index in [-0.39, 0.29) is 93.9 Å². The third-order valence-corrected chi connectivity index (χ3v) is 12.3. The number of aromatic nitrogens is 3. The number of hydrogen-bond donors (Lipinski definition) is 2. The van der Waals surface area contributed by atoms with Crippen LogP contribution in [0.15, 0.2) is 24.3 Å². The lowest BCUT2D eigenvalue weighted by Crippen LogP contribution is -2.53. The highest BCUT2D eigenvalue weighted by molar-refractivity contribution is 6.04. The molecule has 1 aliphatic carbocycles. The molecule has 5 heterocycles. The number of rotatable bonds is 8. The second-order valence-electron chi connectivity index (χ2n) is 16.7. The van der Waals surface area contributed by atoms with Crippen molar-refractivity contribution >= 4 is 27.5 Å². The smallest absolute Gasteiger partial charge is 0.319 e. The van der Waals surface area contributed by atoms with E-state index >= 15 is 8.78 Å². The minimum atomic E-state index is -1.24. The van der Waals surface area contributed by atoms with Crippen LogP contribution in [0.3, 0.4) is 0 Å². The first kappa shape index (κ1) is 38.5. The Balaban J connectivity index is 1.22. The predicted molar refractivity (Wildman–Crippen MR) is 209 cm³/mol. The number of benzene rings is 2. The monoisotopic (exact) mass is 771 g/mol. The van der Waals surface area contributed by atoms with E-state index in [1.54, 1.807) is 6.92 Å². The van der Waals surface area contributed by atoms with Crippen molar-refractivity contribution in [3.63, 3.8) is 0 Å². The molecule has 0 amide bonds. The molecule has 298 valence electrons. The minimum absolute atomic E-state index is 0.00738. The molecule has 2 aromatic heterocycles. The molecule has 13 heteroatoms. The maximum Gasteiger partial charge on any atom is 0.319 e. The Morgan fingerprint density at radius 1 is 1.05 bits per heavy atom. The van der Waals surface area contributed by atoms with Crippen LogP contribution in [0.2, 0.25) is 0 Å². The number of piperidine rings is 1. The number of methoxy groups -OCH3 is 1. The van der Waals surface area contributed by atoms with Crippen molar-refractivity contribution in [2.75, 3.05) is 58.0 Å². The van der Waals surface area contributed by atoms with E-state index in [1.165, 1.54) is 31.4 Å². The molecule has 56 heavy (non-hydrogen) atoms. The van der Waals surface area contributed by atoms with E-state index in [1.807, 2.05) is 4.90 Å². The van der Waals surface area contributed by atoms with Gasteiger partial charge in [-0.1, -0.05) is 18.4 Å². The van der Waals surface area contributed by atoms with Gasteiger partial charge in [0.2, 0.25) is 5.88 Å². The zero-order valence-electron chi connectivity index (χ0n) is 32.6. The van der Waals surface area contributed by atoms with Crippen LogP contribution in [0, 0.1) is 35.3 Å². The summed E-state index contributed by atoms with van der Waals surface area (Å²) in [4.78, 5) is 18.7. The zero-order valence-corrected chi connectivity index (χ0v) is 32.6. The molecular formula is C43H51F2N5O6. The van der Waals surface area contributed by atoms with E-state index in [4.69, 9.17) is 35.3 Å². The number of β-amino-alcohol motifs (C(OH)–C–C–N with tert-alkyl or cyclic N) is 1. The van der Waals surface area contributed by atoms with Gasteiger partial charge >= 0.3 is 6.01 Å². The molecule has 2 unspecified atom stereocenters. The number of halogens is 2. The quantitative estimate of drug-likeness (QED) is 0.188. The fourth-order valence-corrected chi connectivity index (χ4v) is 10.1. The zero-order chi connectivity index (χ0) is 39.4. The van der Waals surface area contributed by atoms with Gasteiger partial charge in [-0.05, 0) is 95.3 Å². The molecule has 0 radical (unpaired) electrons. The fraction of sp³-hybridized carbons (Fsp3) is 0.558. The number of phenolic OH excluding ortho intramolecular Hbond substituents is 1. The average Bonchev–Trinajstić information content (AvgIpc) is 3.51. The van der Waals surface area contributed by atoms with Crippen molar-refractivity contribution in [2.24, 2.45) is 11.3 Å². The third-order valence-electron chi connectivity index (χ3n) is 12.3. The Labute approximate surface area is 326 Å². The molecule has 0 bridgehead atoms. The van der Waals surface area contributed by atoms with Crippen molar-refractivity contribution in [3.05, 3.63) is 41.5 Å². The Kier molecular flexibility index (Phi) is 10.5. The number of hydrogen-bond acceptors (Lipinski definition) is 11. The number of ether oxygens (including phenoxy) is 4. The molecular weight excluding hydrogens is 720 g/mol. The molecule has 11 nitrogen and oxygen atoms in total. The summed E-state index contributed by atoms with van der Waals surface area (Å²) in [6, 6.07) is 5.74. The summed E-state index contributed by atoms with van der Waals surface area (Å²) in [5.41, 5.74) is -1.76. The molecule has 2 aromatic carbocycles. The fourth-order valence-electron chi connectivity index (χ4n) is 10.1. The number of phenols is 1. The highest BCUT2D eigenvalue weighted by Gasteiger charge is 2.49. The maximum absolute atomic E-state index is 17.4. The van der Waals surface area contributed by atoms with Crippen LogP contribution in [-0.2, 0) is 9.47 Å². The van der Waals surface area contributed by atoms with Crippen molar-refractivity contribution in [2.45, 2.75) is 89.6 Å². The lowest BCUT2D eigenvalue weighted by atomic mass is 9.75. The molecule has 4 aromatic rings. The molecule has 8 rings (SSSR count). The van der Waals surface area contributed by atoms with Crippen LogP contribution in [0.25, 0.3) is 32.9 Å². The maximum atomic E-state index is 17.4. The molecule has 3 aliphatic heterocycles. The van der Waals surface area contributed by atoms with Crippen molar-refractivity contribution < 1.29 is 37.9 Å². The average molecular weight is 772 g/mol. The normalized spacial score (nSPS) is 28.6. The third kappa shape index (κ3) is 7.21. The number of likely N-dealkylation sites (tertiary alicyclic amines) is 1. The van der Waals surface area contributed by atoms with Crippen LogP contribution in [0.5, 0.6) is 17.6 Å². The van der Waals surface area contributed by atoms with E-state index in [0.717, 1.165) is 58.0 Å². The number of fused-ring (bicyclic) bond motifs is 3. The standard InChI is InChI=1S/C43H51F2N5O6/c1-6-30-32(44)11-10-28-19-29(51)20-31(34(28)30)37-36(45)38-35(40(46-37)53-5)39(50-15-16-54-23-42(4,52)22-50)48-41(47-38)55-24-43-12-7-9-33(43)49(14-8-13-43)21-27-17-25(2)56-26(3)18-27/h1,10-11,19-20,25-27,33,51-52H,7-9,12-18,21-24H2,2-5H3/t25?,26?,27?,33-,42+,43-/m1/s1. The Morgan fingerprint density at radius 3 is 2.61 bits per heavy atom. The number of anilines is 1. The number of aliphatic hydroxyl groups is 1. The highest BCUT2D eigenvalue weighted by atomic mass is 19.1. The second-order valence-corrected chi connectivity index (χ2v) is 16.7. The van der Waals surface area contributed by atoms with E-state index < -0.39 is 17.2 Å². The van der Waals surface area contributed by atoms with Gasteiger partial charge in [0, 0.05) is 35.5 Å². The first-order chi connectivity index (χ1) is 26.9. The van der Waals surface area contributed by atoms with Crippen molar-refractivity contribution in [1.29, 1.82) is 0 Å². The van der Waals surface area contributed by atoms with Crippen LogP contribution in [0.1, 0.15) is 71.3 Å². The van der Waals surface area contributed by atoms with Gasteiger partial charge in [0.05, 0.1) is 51.2 Å². The molecule has 5 atom stereocenters. The van der Waals surface area contributed by atoms with Gasteiger partial charge in [-0.2, -0.15) is 9.97 Å². The van der Waals surface area contributed by atoms with Crippen molar-refractivity contribution in [1.82, 2.24) is 19.9 Å². The number of nitrogens with zero attached hydrogens (tertiary/aromatic N) is 5. The van der Waals surface area contributed by atoms with Gasteiger partial charge in [0.25, 0.3) is 0 Å². The predicted octanol–water partition coefficient (Wildman–Crippen LogP) is 6.62. The molecule has 4 fully saturated rings. The number of terminal acetylenes is 1. The summed E-state index contributed by atoms with van der Waals surface area (Å²) in [6.07, 6.45) is 13.7. The first-order valence-corrected chi connectivity index (χ1v) is 19.8. The van der Waals surface area contributed by atoms with Crippen LogP contribution in [-0.4, -0.2) is 107 Å². The minimum Gasteiger partial charge on any atom is -0.508 e. The molecule has 3 saturated heterocycles. The lowest BCUT2D eigenvalue weighted by Gasteiger charge is -2.48. The SMILES string of the molecule is C#Cc1c(F)ccc2cc(O)cc(-c3nc(OC)c4c(N5CCOC[C@@](C)(O)C5)nc(OC[C@]56CCC[C@H]5N(CC5CC(C)OC(C)C5)CCC6)nc4c3F)c12. The van der Waals surface area contributed by atoms with Crippen LogP contribution in [0.4, 0.5) is 14.6 Å². The molecule has 0 spiro atoms. The molecule has 4 aliphatic rings. The van der Waals surface area contributed by atoms with E-state index in [9.17, 15) is 10.2 Å². The first-order valence-electron chi connectivity index (χ1n) is 19.8. The van der Waals surface area contributed by atoms with Gasteiger partial charge in [-0.15, -0.1) is 6.42 Å². The summed E-state index contributed by atoms with van der Waals surface area (Å²) < 4.78 is 56.7. The van der Waals surface area contributed by atoms with Gasteiger partial charge in [-0.25, -0.2) is 13.8 Å². The van der Waals surface area contributed by atoms with E-state index in [0.29, 0.717) is 30.5 Å². The lowest BCUT2D eigenvalue weighted by molar-refractivity contribution is -0.0697. The summed E-state index contributed by atoms with van der Waals surface area (Å²) in [5, 5.41) is 22.7. The highest BCUT2D eigenvalue weighted by Crippen LogP contribution is 2.49. The number of pyridine rings is 1. The topological polar surface area (TPSA) is 123 Å². The summed E-state index contributed by atoms with van der Waals surface area (Å²) in [6.45, 7) is 9.31. The van der Waals surface area contributed by atoms with Gasteiger partial charge in [0.1, 0.15) is 39.6 Å². The van der Waals surface area contributed by atoms with Crippen molar-refractivity contribution in [3.8, 4) is 41.2 Å². The van der Waals surface area contributed by atoms with Gasteiger partial charge in [-0.3, -0.25) is 4.90 Å². The van der Waals surface area contributed by atoms with Crippen LogP contribution < -0.4 is 14.4 Å². The van der Waals surface area contributed by atoms with E-state index in [2.05, 4.69) is 29.7 Å². The Morgan fingerprint density at radius 2 is 1.84 bits per heavy atom. The Bertz CT molecular complexity index is 2170. The molecule has 2 N–H and O–H groups in total. The molecule has 1 saturated carbocycles.